The number of hydrogen-bond donors (Lipinski definition) is 2. The maximum atomic E-state index is 14.6. The fourth-order valence-electron chi connectivity index (χ4n) is 6.76. The van der Waals surface area contributed by atoms with Crippen LogP contribution in [0.15, 0.2) is 133 Å². The molecule has 0 aliphatic carbocycles. The molecule has 0 spiro atoms. The Morgan fingerprint density at radius 2 is 0.838 bits per heavy atom. The Bertz CT molecular complexity index is 2810. The number of hydrogen-bond acceptors (Lipinski definition) is 12. The second-order valence-corrected chi connectivity index (χ2v) is 16.1. The van der Waals surface area contributed by atoms with Gasteiger partial charge in [0, 0.05) is 48.5 Å². The molecule has 0 aliphatic heterocycles. The average Bonchev–Trinajstić information content (AvgIpc) is 3.34. The first kappa shape index (κ1) is 54.6. The van der Waals surface area contributed by atoms with Crippen molar-refractivity contribution in [3.05, 3.63) is 178 Å². The first-order chi connectivity index (χ1) is 35.2. The second kappa shape index (κ2) is 25.1. The van der Waals surface area contributed by atoms with Crippen molar-refractivity contribution in [2.45, 2.75) is 51.2 Å². The molecule has 386 valence electrons. The largest absolute Gasteiger partial charge is 0.493 e. The Kier molecular flexibility index (Phi) is 18.6. The molecule has 0 heterocycles. The van der Waals surface area contributed by atoms with Crippen LogP contribution in [0.4, 0.5) is 46.5 Å². The standard InChI is InChI=1S/C54H44F8N2O10/c55-47-29-41(69-25-1-23-53(57,58)59)15-19-45(47)51(67)73-39-11-3-33(4-12-39)7-21-49(65)71-31-35-27-37(63)9-17-43(35)44-18-10-38(64)28-36(44)32-72-50(66)22-8-34-5-13-40(14-6-34)74-52(68)46-20-16-42(30-48(46)56)70-26-2-24-54(60,61)62/h3-22,27-30H,1-2,23-26,31-32,63-64H2/b21-7+,22-8+. The van der Waals surface area contributed by atoms with E-state index in [4.69, 9.17) is 39.9 Å². The first-order valence-corrected chi connectivity index (χ1v) is 22.3. The summed E-state index contributed by atoms with van der Waals surface area (Å²) in [4.78, 5) is 51.0. The number of carbonyl (C=O) groups excluding carboxylic acids is 4. The van der Waals surface area contributed by atoms with Crippen molar-refractivity contribution in [3.63, 3.8) is 0 Å². The van der Waals surface area contributed by atoms with Crippen molar-refractivity contribution < 1.29 is 82.7 Å². The van der Waals surface area contributed by atoms with Gasteiger partial charge in [-0.25, -0.2) is 28.0 Å². The summed E-state index contributed by atoms with van der Waals surface area (Å²) in [5.74, 6) is -5.49. The SMILES string of the molecule is Nc1ccc(-c2ccc(N)cc2COC(=O)/C=C/c2ccc(OC(=O)c3ccc(OCCCC(F)(F)F)cc3F)cc2)c(COC(=O)/C=C/c2ccc(OC(=O)c3ccc(OCCCC(F)(F)F)cc3F)cc2)c1. The fraction of sp³-hybridized carbons (Fsp3) is 0.185. The minimum Gasteiger partial charge on any atom is -0.493 e. The van der Waals surface area contributed by atoms with Gasteiger partial charge in [0.2, 0.25) is 0 Å². The molecule has 0 amide bonds. The highest BCUT2D eigenvalue weighted by Crippen LogP contribution is 2.32. The molecule has 20 heteroatoms. The summed E-state index contributed by atoms with van der Waals surface area (Å²) < 4.78 is 135. The van der Waals surface area contributed by atoms with Crippen molar-refractivity contribution in [1.82, 2.24) is 0 Å². The van der Waals surface area contributed by atoms with Crippen LogP contribution in [0.5, 0.6) is 23.0 Å². The molecule has 0 saturated carbocycles. The number of alkyl halides is 6. The van der Waals surface area contributed by atoms with Gasteiger partial charge in [-0.3, -0.25) is 0 Å². The number of benzene rings is 6. The molecule has 6 rings (SSSR count). The lowest BCUT2D eigenvalue weighted by Crippen LogP contribution is -2.11. The molecule has 0 aromatic heterocycles. The molecule has 0 unspecified atom stereocenters. The van der Waals surface area contributed by atoms with E-state index < -0.39 is 71.8 Å². The van der Waals surface area contributed by atoms with Crippen molar-refractivity contribution in [3.8, 4) is 34.1 Å². The quantitative estimate of drug-likeness (QED) is 0.0174. The van der Waals surface area contributed by atoms with Gasteiger partial charge in [0.15, 0.2) is 0 Å². The zero-order chi connectivity index (χ0) is 53.4. The summed E-state index contributed by atoms with van der Waals surface area (Å²) in [6, 6.07) is 28.1. The van der Waals surface area contributed by atoms with Gasteiger partial charge in [-0.05, 0) is 131 Å². The van der Waals surface area contributed by atoms with Crippen LogP contribution in [-0.2, 0) is 32.3 Å². The van der Waals surface area contributed by atoms with Crippen LogP contribution >= 0.6 is 0 Å². The molecule has 0 radical (unpaired) electrons. The van der Waals surface area contributed by atoms with Crippen LogP contribution in [-0.4, -0.2) is 49.4 Å². The number of nitrogen functional groups attached to an aromatic ring is 2. The van der Waals surface area contributed by atoms with Gasteiger partial charge >= 0.3 is 36.2 Å². The molecule has 0 fully saturated rings. The van der Waals surface area contributed by atoms with Gasteiger partial charge in [-0.1, -0.05) is 36.4 Å². The normalized spacial score (nSPS) is 11.6. The molecule has 74 heavy (non-hydrogen) atoms. The number of carbonyl (C=O) groups is 4. The predicted molar refractivity (Wildman–Crippen MR) is 256 cm³/mol. The van der Waals surface area contributed by atoms with Gasteiger partial charge in [0.05, 0.1) is 24.3 Å². The number of halogens is 8. The lowest BCUT2D eigenvalue weighted by molar-refractivity contribution is -0.139. The van der Waals surface area contributed by atoms with Crippen LogP contribution in [0.2, 0.25) is 0 Å². The molecule has 6 aromatic carbocycles. The Morgan fingerprint density at radius 1 is 0.473 bits per heavy atom. The average molecular weight is 1030 g/mol. The maximum absolute atomic E-state index is 14.6. The minimum atomic E-state index is -4.34. The number of nitrogens with two attached hydrogens (primary N) is 2. The molecule has 6 aromatic rings. The lowest BCUT2D eigenvalue weighted by atomic mass is 9.95. The zero-order valence-electron chi connectivity index (χ0n) is 38.8. The van der Waals surface area contributed by atoms with Crippen LogP contribution in [0.3, 0.4) is 0 Å². The highest BCUT2D eigenvalue weighted by atomic mass is 19.4. The second-order valence-electron chi connectivity index (χ2n) is 16.1. The van der Waals surface area contributed by atoms with E-state index in [2.05, 4.69) is 0 Å². The molecule has 0 saturated heterocycles. The topological polar surface area (TPSA) is 176 Å². The molecule has 0 aliphatic rings. The van der Waals surface area contributed by atoms with Gasteiger partial charge in [0.1, 0.15) is 47.8 Å². The van der Waals surface area contributed by atoms with Crippen LogP contribution < -0.4 is 30.4 Å². The van der Waals surface area contributed by atoms with Crippen LogP contribution in [0.1, 0.15) is 68.7 Å². The van der Waals surface area contributed by atoms with Gasteiger partial charge in [0.25, 0.3) is 0 Å². The van der Waals surface area contributed by atoms with E-state index in [9.17, 15) is 54.3 Å². The number of rotatable bonds is 21. The Balaban J connectivity index is 0.986. The summed E-state index contributed by atoms with van der Waals surface area (Å²) >= 11 is 0. The maximum Gasteiger partial charge on any atom is 0.389 e. The van der Waals surface area contributed by atoms with Gasteiger partial charge in [-0.2, -0.15) is 26.3 Å². The summed E-state index contributed by atoms with van der Waals surface area (Å²) in [6.45, 7) is -1.03. The molecule has 12 nitrogen and oxygen atoms in total. The summed E-state index contributed by atoms with van der Waals surface area (Å²) in [6.07, 6.45) is -6.22. The van der Waals surface area contributed by atoms with Gasteiger partial charge in [-0.15, -0.1) is 0 Å². The summed E-state index contributed by atoms with van der Waals surface area (Å²) in [5, 5.41) is 0. The summed E-state index contributed by atoms with van der Waals surface area (Å²) in [5.41, 5.74) is 15.3. The van der Waals surface area contributed by atoms with Gasteiger partial charge < -0.3 is 39.9 Å². The molecular weight excluding hydrogens is 989 g/mol. The third-order valence-corrected chi connectivity index (χ3v) is 10.4. The molecular formula is C54H44F8N2O10. The molecule has 0 bridgehead atoms. The Morgan fingerprint density at radius 3 is 1.19 bits per heavy atom. The third kappa shape index (κ3) is 17.3. The highest BCUT2D eigenvalue weighted by Gasteiger charge is 2.27. The lowest BCUT2D eigenvalue weighted by Gasteiger charge is -2.15. The number of ether oxygens (including phenoxy) is 6. The molecule has 0 atom stereocenters. The first-order valence-electron chi connectivity index (χ1n) is 22.3. The van der Waals surface area contributed by atoms with E-state index in [1.807, 2.05) is 0 Å². The van der Waals surface area contributed by atoms with Crippen LogP contribution in [0.25, 0.3) is 23.3 Å². The van der Waals surface area contributed by atoms with Crippen molar-refractivity contribution in [2.24, 2.45) is 0 Å². The van der Waals surface area contributed by atoms with E-state index in [1.165, 1.54) is 85.0 Å². The van der Waals surface area contributed by atoms with E-state index >= 15 is 0 Å². The third-order valence-electron chi connectivity index (χ3n) is 10.4. The van der Waals surface area contributed by atoms with E-state index in [1.54, 1.807) is 36.4 Å². The Labute approximate surface area is 417 Å². The van der Waals surface area contributed by atoms with Crippen molar-refractivity contribution in [2.75, 3.05) is 24.7 Å². The molecule has 4 N–H and O–H groups in total. The van der Waals surface area contributed by atoms with Crippen molar-refractivity contribution in [1.29, 1.82) is 0 Å². The van der Waals surface area contributed by atoms with Crippen molar-refractivity contribution >= 4 is 47.4 Å². The van der Waals surface area contributed by atoms with E-state index in [-0.39, 0.29) is 62.3 Å². The fourth-order valence-corrected chi connectivity index (χ4v) is 6.76. The highest BCUT2D eigenvalue weighted by molar-refractivity contribution is 5.92. The predicted octanol–water partition coefficient (Wildman–Crippen LogP) is 12.2. The minimum absolute atomic E-state index is 0.0515. The smallest absolute Gasteiger partial charge is 0.389 e. The number of anilines is 2. The Hall–Kier alpha value is -8.68. The summed E-state index contributed by atoms with van der Waals surface area (Å²) in [7, 11) is 0. The number of esters is 4. The van der Waals surface area contributed by atoms with E-state index in [0.29, 0.717) is 44.8 Å². The zero-order valence-corrected chi connectivity index (χ0v) is 38.8. The monoisotopic (exact) mass is 1030 g/mol. The van der Waals surface area contributed by atoms with Crippen LogP contribution in [0, 0.1) is 11.6 Å². The van der Waals surface area contributed by atoms with E-state index in [0.717, 1.165) is 24.3 Å².